The van der Waals surface area contributed by atoms with E-state index in [4.69, 9.17) is 4.74 Å². The van der Waals surface area contributed by atoms with E-state index in [1.807, 2.05) is 4.57 Å². The summed E-state index contributed by atoms with van der Waals surface area (Å²) in [7, 11) is -2.90. The summed E-state index contributed by atoms with van der Waals surface area (Å²) in [6.07, 6.45) is 2.51. The van der Waals surface area contributed by atoms with Crippen molar-refractivity contribution < 1.29 is 26.3 Å². The molecule has 1 aromatic carbocycles. The van der Waals surface area contributed by atoms with Gasteiger partial charge in [0, 0.05) is 23.8 Å². The van der Waals surface area contributed by atoms with E-state index >= 15 is 0 Å². The average Bonchev–Trinajstić information content (AvgIpc) is 3.33. The fourth-order valence-electron chi connectivity index (χ4n) is 4.07. The number of halogens is 3. The molecule has 1 aliphatic rings. The number of sulfonamides is 1. The molecular formula is C21H22F3N5O3S. The number of alkyl halides is 3. The highest BCUT2D eigenvalue weighted by atomic mass is 32.2. The molecule has 4 rings (SSSR count). The summed E-state index contributed by atoms with van der Waals surface area (Å²) in [6, 6.07) is 5.39. The zero-order valence-corrected chi connectivity index (χ0v) is 18.5. The Morgan fingerprint density at radius 2 is 1.91 bits per heavy atom. The van der Waals surface area contributed by atoms with Crippen molar-refractivity contribution in [2.45, 2.75) is 48.8 Å². The monoisotopic (exact) mass is 481 g/mol. The van der Waals surface area contributed by atoms with Crippen LogP contribution in [0.1, 0.15) is 37.3 Å². The Morgan fingerprint density at radius 3 is 2.61 bits per heavy atom. The van der Waals surface area contributed by atoms with Gasteiger partial charge in [-0.2, -0.15) is 13.2 Å². The van der Waals surface area contributed by atoms with Gasteiger partial charge in [-0.3, -0.25) is 0 Å². The number of aromatic nitrogens is 4. The van der Waals surface area contributed by atoms with Crippen LogP contribution in [0.15, 0.2) is 54.1 Å². The van der Waals surface area contributed by atoms with Crippen molar-refractivity contribution in [3.63, 3.8) is 0 Å². The summed E-state index contributed by atoms with van der Waals surface area (Å²) in [5.74, 6) is 0.0946. The molecule has 2 atom stereocenters. The van der Waals surface area contributed by atoms with E-state index < -0.39 is 32.7 Å². The van der Waals surface area contributed by atoms with Gasteiger partial charge in [-0.05, 0) is 61.6 Å². The van der Waals surface area contributed by atoms with Crippen LogP contribution in [0, 0.1) is 0 Å². The highest BCUT2D eigenvalue weighted by Crippen LogP contribution is 2.37. The van der Waals surface area contributed by atoms with Gasteiger partial charge in [-0.1, -0.05) is 0 Å². The van der Waals surface area contributed by atoms with Crippen LogP contribution < -0.4 is 9.46 Å². The Bertz CT molecular complexity index is 1220. The van der Waals surface area contributed by atoms with E-state index in [2.05, 4.69) is 19.9 Å². The molecule has 0 spiro atoms. The lowest BCUT2D eigenvalue weighted by atomic mass is 9.91. The summed E-state index contributed by atoms with van der Waals surface area (Å²) in [6.45, 7) is 0. The lowest BCUT2D eigenvalue weighted by Crippen LogP contribution is -2.38. The van der Waals surface area contributed by atoms with Gasteiger partial charge in [0.2, 0.25) is 15.9 Å². The van der Waals surface area contributed by atoms with E-state index in [9.17, 15) is 21.6 Å². The molecule has 3 aromatic rings. The van der Waals surface area contributed by atoms with E-state index in [1.165, 1.54) is 31.5 Å². The van der Waals surface area contributed by atoms with E-state index in [0.717, 1.165) is 18.9 Å². The average molecular weight is 482 g/mol. The van der Waals surface area contributed by atoms with Gasteiger partial charge in [0.15, 0.2) is 0 Å². The summed E-state index contributed by atoms with van der Waals surface area (Å²) in [5.41, 5.74) is -0.772. The van der Waals surface area contributed by atoms with Gasteiger partial charge in [0.1, 0.15) is 12.7 Å². The predicted octanol–water partition coefficient (Wildman–Crippen LogP) is 3.83. The number of hydrogen-bond donors (Lipinski definition) is 1. The number of nitrogens with one attached hydrogen (secondary N) is 1. The van der Waals surface area contributed by atoms with Crippen LogP contribution in [0.3, 0.4) is 0 Å². The molecule has 0 amide bonds. The standard InChI is InChI=1S/C21H22F3N5O3S/c1-32-20-19(6-3-7-25-20)14-8-15(21(22,23)24)10-18(9-14)33(30,31)28-16-4-2-5-17(11-16)29-12-26-27-13-29/h3,6-10,12-13,16-17,28H,2,4-5,11H2,1H3. The molecule has 0 aliphatic heterocycles. The van der Waals surface area contributed by atoms with Crippen LogP contribution in [0.5, 0.6) is 5.88 Å². The van der Waals surface area contributed by atoms with Crippen molar-refractivity contribution in [2.24, 2.45) is 0 Å². The number of nitrogens with zero attached hydrogens (tertiary/aromatic N) is 4. The summed E-state index contributed by atoms with van der Waals surface area (Å²) >= 11 is 0. The second-order valence-corrected chi connectivity index (χ2v) is 9.57. The van der Waals surface area contributed by atoms with Crippen molar-refractivity contribution in [1.29, 1.82) is 0 Å². The van der Waals surface area contributed by atoms with Crippen molar-refractivity contribution >= 4 is 10.0 Å². The maximum Gasteiger partial charge on any atom is 0.416 e. The molecule has 176 valence electrons. The third-order valence-corrected chi connectivity index (χ3v) is 7.15. The Kier molecular flexibility index (Phi) is 6.39. The molecule has 0 radical (unpaired) electrons. The molecule has 0 saturated heterocycles. The Balaban J connectivity index is 1.68. The van der Waals surface area contributed by atoms with Gasteiger partial charge < -0.3 is 9.30 Å². The Morgan fingerprint density at radius 1 is 1.15 bits per heavy atom. The molecule has 2 unspecified atom stereocenters. The van der Waals surface area contributed by atoms with E-state index in [0.29, 0.717) is 18.9 Å². The normalized spacial score (nSPS) is 19.4. The van der Waals surface area contributed by atoms with Crippen molar-refractivity contribution in [3.8, 4) is 17.0 Å². The second-order valence-electron chi connectivity index (χ2n) is 7.85. The first-order valence-electron chi connectivity index (χ1n) is 10.3. The van der Waals surface area contributed by atoms with Crippen LogP contribution in [0.25, 0.3) is 11.1 Å². The number of pyridine rings is 1. The molecule has 1 fully saturated rings. The fourth-order valence-corrected chi connectivity index (χ4v) is 5.43. The molecule has 2 heterocycles. The smallest absolute Gasteiger partial charge is 0.416 e. The zero-order valence-electron chi connectivity index (χ0n) is 17.7. The maximum absolute atomic E-state index is 13.6. The minimum Gasteiger partial charge on any atom is -0.481 e. The topological polar surface area (TPSA) is 99.0 Å². The molecule has 0 bridgehead atoms. The highest BCUT2D eigenvalue weighted by Gasteiger charge is 2.34. The van der Waals surface area contributed by atoms with Crippen molar-refractivity contribution in [2.75, 3.05) is 7.11 Å². The first kappa shape index (κ1) is 23.2. The number of ether oxygens (including phenoxy) is 1. The van der Waals surface area contributed by atoms with Gasteiger partial charge in [0.05, 0.1) is 17.6 Å². The minimum atomic E-state index is -4.74. The molecule has 1 saturated carbocycles. The van der Waals surface area contributed by atoms with E-state index in [-0.39, 0.29) is 23.0 Å². The van der Waals surface area contributed by atoms with E-state index in [1.54, 1.807) is 12.7 Å². The van der Waals surface area contributed by atoms with Crippen molar-refractivity contribution in [3.05, 3.63) is 54.7 Å². The number of benzene rings is 1. The SMILES string of the molecule is COc1ncccc1-c1cc(C(F)(F)F)cc(S(=O)(=O)NC2CCCC(n3cnnc3)C2)c1. The molecular weight excluding hydrogens is 459 g/mol. The van der Waals surface area contributed by atoms with Gasteiger partial charge in [0.25, 0.3) is 0 Å². The molecule has 1 aliphatic carbocycles. The highest BCUT2D eigenvalue weighted by molar-refractivity contribution is 7.89. The van der Waals surface area contributed by atoms with Crippen LogP contribution in [-0.4, -0.2) is 41.3 Å². The number of hydrogen-bond acceptors (Lipinski definition) is 6. The lowest BCUT2D eigenvalue weighted by molar-refractivity contribution is -0.137. The molecule has 2 aromatic heterocycles. The quantitative estimate of drug-likeness (QED) is 0.575. The maximum atomic E-state index is 13.6. The second kappa shape index (κ2) is 9.10. The Labute approximate surface area is 188 Å². The number of rotatable bonds is 6. The molecule has 12 heteroatoms. The minimum absolute atomic E-state index is 0.0122. The number of methoxy groups -OCH3 is 1. The third kappa shape index (κ3) is 5.17. The third-order valence-electron chi connectivity index (χ3n) is 5.65. The van der Waals surface area contributed by atoms with Gasteiger partial charge in [-0.25, -0.2) is 18.1 Å². The van der Waals surface area contributed by atoms with Crippen LogP contribution in [0.2, 0.25) is 0 Å². The summed E-state index contributed by atoms with van der Waals surface area (Å²) in [5, 5.41) is 7.56. The lowest BCUT2D eigenvalue weighted by Gasteiger charge is -2.30. The predicted molar refractivity (Wildman–Crippen MR) is 113 cm³/mol. The van der Waals surface area contributed by atoms with Gasteiger partial charge >= 0.3 is 6.18 Å². The van der Waals surface area contributed by atoms with Crippen LogP contribution in [0.4, 0.5) is 13.2 Å². The zero-order chi connectivity index (χ0) is 23.6. The summed E-state index contributed by atoms with van der Waals surface area (Å²) in [4.78, 5) is 3.53. The molecule has 33 heavy (non-hydrogen) atoms. The van der Waals surface area contributed by atoms with Crippen LogP contribution in [-0.2, 0) is 16.2 Å². The Hall–Kier alpha value is -2.99. The van der Waals surface area contributed by atoms with Crippen LogP contribution >= 0.6 is 0 Å². The molecule has 1 N–H and O–H groups in total. The molecule has 8 nitrogen and oxygen atoms in total. The fraction of sp³-hybridized carbons (Fsp3) is 0.381. The van der Waals surface area contributed by atoms with Crippen molar-refractivity contribution in [1.82, 2.24) is 24.5 Å². The first-order valence-corrected chi connectivity index (χ1v) is 11.7. The summed E-state index contributed by atoms with van der Waals surface area (Å²) < 4.78 is 76.7. The first-order chi connectivity index (χ1) is 15.7. The van der Waals surface area contributed by atoms with Gasteiger partial charge in [-0.15, -0.1) is 10.2 Å². The largest absolute Gasteiger partial charge is 0.481 e.